The largest absolute Gasteiger partial charge is 0.490 e. The minimum Gasteiger partial charge on any atom is -0.490 e. The van der Waals surface area contributed by atoms with Crippen LogP contribution in [0, 0.1) is 5.92 Å². The van der Waals surface area contributed by atoms with Gasteiger partial charge in [-0.25, -0.2) is 0 Å². The maximum absolute atomic E-state index is 13.5. The summed E-state index contributed by atoms with van der Waals surface area (Å²) in [5.74, 6) is 3.74. The molecule has 35 heavy (non-hydrogen) atoms. The Kier molecular flexibility index (Phi) is 8.85. The van der Waals surface area contributed by atoms with E-state index in [2.05, 4.69) is 13.8 Å². The van der Waals surface area contributed by atoms with Crippen LogP contribution in [0.1, 0.15) is 85.9 Å². The smallest absolute Gasteiger partial charge is 0.254 e. The highest BCUT2D eigenvalue weighted by Gasteiger charge is 2.36. The normalized spacial score (nSPS) is 16.9. The summed E-state index contributed by atoms with van der Waals surface area (Å²) in [6.07, 6.45) is 8.41. The monoisotopic (exact) mass is 517 g/mol. The summed E-state index contributed by atoms with van der Waals surface area (Å²) >= 11 is 13.0. The molecule has 2 heterocycles. The van der Waals surface area contributed by atoms with Crippen molar-refractivity contribution < 1.29 is 18.4 Å². The molecule has 2 unspecified atom stereocenters. The van der Waals surface area contributed by atoms with E-state index in [1.165, 1.54) is 19.3 Å². The Morgan fingerprint density at radius 3 is 2.43 bits per heavy atom. The number of unbranched alkanes of at least 4 members (excludes halogenated alkanes) is 4. The van der Waals surface area contributed by atoms with Gasteiger partial charge in [-0.1, -0.05) is 62.7 Å². The first kappa shape index (κ1) is 25.7. The summed E-state index contributed by atoms with van der Waals surface area (Å²) in [5, 5.41) is 0.658. The number of halogens is 2. The highest BCUT2D eigenvalue weighted by Crippen LogP contribution is 2.47. The molecule has 0 N–H and O–H groups in total. The zero-order chi connectivity index (χ0) is 24.8. The van der Waals surface area contributed by atoms with E-state index >= 15 is 0 Å². The van der Waals surface area contributed by atoms with E-state index in [9.17, 15) is 4.79 Å². The zero-order valence-corrected chi connectivity index (χ0v) is 21.9. The molecule has 1 aromatic carbocycles. The van der Waals surface area contributed by atoms with Crippen molar-refractivity contribution >= 4 is 29.1 Å². The van der Waals surface area contributed by atoms with Crippen molar-refractivity contribution in [3.05, 3.63) is 75.6 Å². The number of hydrogen-bond donors (Lipinski definition) is 0. The third-order valence-electron chi connectivity index (χ3n) is 6.46. The SMILES string of the molecule is CCCCCCCOc1c(Cl)cc(C(=O)N(Cc2ccco2)Cc2ccc(C3CC3C)o2)cc1Cl. The van der Waals surface area contributed by atoms with Crippen molar-refractivity contribution in [3.63, 3.8) is 0 Å². The number of carbonyl (C=O) groups is 1. The number of furan rings is 2. The van der Waals surface area contributed by atoms with E-state index in [4.69, 9.17) is 36.8 Å². The van der Waals surface area contributed by atoms with E-state index in [1.54, 1.807) is 29.4 Å². The lowest BCUT2D eigenvalue weighted by atomic mass is 10.1. The van der Waals surface area contributed by atoms with E-state index in [0.29, 0.717) is 58.7 Å². The lowest BCUT2D eigenvalue weighted by Crippen LogP contribution is -2.30. The number of amides is 1. The summed E-state index contributed by atoms with van der Waals surface area (Å²) in [4.78, 5) is 15.2. The van der Waals surface area contributed by atoms with Gasteiger partial charge in [-0.2, -0.15) is 0 Å². The number of ether oxygens (including phenoxy) is 1. The van der Waals surface area contributed by atoms with Crippen molar-refractivity contribution in [3.8, 4) is 5.75 Å². The molecule has 188 valence electrons. The Labute approximate surface area is 217 Å². The van der Waals surface area contributed by atoms with Crippen LogP contribution >= 0.6 is 23.2 Å². The molecule has 4 rings (SSSR count). The second-order valence-corrected chi connectivity index (χ2v) is 10.2. The highest BCUT2D eigenvalue weighted by atomic mass is 35.5. The van der Waals surface area contributed by atoms with Crippen LogP contribution in [0.5, 0.6) is 5.75 Å². The Hall–Kier alpha value is -2.37. The first-order chi connectivity index (χ1) is 17.0. The maximum Gasteiger partial charge on any atom is 0.254 e. The molecule has 1 aliphatic rings. The zero-order valence-electron chi connectivity index (χ0n) is 20.4. The Morgan fingerprint density at radius 2 is 1.77 bits per heavy atom. The third kappa shape index (κ3) is 6.86. The first-order valence-electron chi connectivity index (χ1n) is 12.5. The lowest BCUT2D eigenvalue weighted by Gasteiger charge is -2.21. The molecular formula is C28H33Cl2NO4. The lowest BCUT2D eigenvalue weighted by molar-refractivity contribution is 0.0704. The van der Waals surface area contributed by atoms with Crippen LogP contribution in [-0.4, -0.2) is 17.4 Å². The minimum atomic E-state index is -0.214. The molecule has 1 saturated carbocycles. The van der Waals surface area contributed by atoms with E-state index in [0.717, 1.165) is 30.8 Å². The van der Waals surface area contributed by atoms with Crippen LogP contribution < -0.4 is 4.74 Å². The molecule has 0 spiro atoms. The Morgan fingerprint density at radius 1 is 1.06 bits per heavy atom. The fourth-order valence-corrected chi connectivity index (χ4v) is 4.86. The van der Waals surface area contributed by atoms with Crippen LogP contribution in [-0.2, 0) is 13.1 Å². The van der Waals surface area contributed by atoms with Gasteiger partial charge in [0.2, 0.25) is 0 Å². The van der Waals surface area contributed by atoms with Gasteiger partial charge in [-0.05, 0) is 55.2 Å². The maximum atomic E-state index is 13.5. The quantitative estimate of drug-likeness (QED) is 0.213. The molecule has 3 aromatic rings. The molecular weight excluding hydrogens is 485 g/mol. The van der Waals surface area contributed by atoms with Crippen LogP contribution in [0.25, 0.3) is 0 Å². The molecule has 0 bridgehead atoms. The van der Waals surface area contributed by atoms with Gasteiger partial charge in [0.15, 0.2) is 5.75 Å². The van der Waals surface area contributed by atoms with E-state index in [-0.39, 0.29) is 5.91 Å². The highest BCUT2D eigenvalue weighted by molar-refractivity contribution is 6.37. The summed E-state index contributed by atoms with van der Waals surface area (Å²) in [6, 6.07) is 10.9. The second-order valence-electron chi connectivity index (χ2n) is 9.40. The van der Waals surface area contributed by atoms with Crippen molar-refractivity contribution in [1.82, 2.24) is 4.90 Å². The van der Waals surface area contributed by atoms with Gasteiger partial charge in [0.05, 0.1) is 36.0 Å². The molecule has 2 atom stereocenters. The van der Waals surface area contributed by atoms with Gasteiger partial charge < -0.3 is 18.5 Å². The molecule has 1 amide bonds. The third-order valence-corrected chi connectivity index (χ3v) is 7.02. The number of benzene rings is 1. The van der Waals surface area contributed by atoms with E-state index < -0.39 is 0 Å². The molecule has 7 heteroatoms. The molecule has 0 saturated heterocycles. The average Bonchev–Trinajstić information content (AvgIpc) is 3.19. The van der Waals surface area contributed by atoms with Crippen molar-refractivity contribution in [2.75, 3.05) is 6.61 Å². The van der Waals surface area contributed by atoms with Crippen molar-refractivity contribution in [2.24, 2.45) is 5.92 Å². The number of rotatable bonds is 13. The molecule has 1 aliphatic carbocycles. The van der Waals surface area contributed by atoms with Gasteiger partial charge in [0, 0.05) is 11.5 Å². The summed E-state index contributed by atoms with van der Waals surface area (Å²) < 4.78 is 17.4. The van der Waals surface area contributed by atoms with Crippen LogP contribution in [0.15, 0.2) is 51.5 Å². The topological polar surface area (TPSA) is 55.8 Å². The van der Waals surface area contributed by atoms with Gasteiger partial charge in [0.25, 0.3) is 5.91 Å². The molecule has 0 aliphatic heterocycles. The average molecular weight is 518 g/mol. The summed E-state index contributed by atoms with van der Waals surface area (Å²) in [6.45, 7) is 5.56. The second kappa shape index (κ2) is 12.0. The predicted octanol–water partition coefficient (Wildman–Crippen LogP) is 8.49. The molecule has 0 radical (unpaired) electrons. The van der Waals surface area contributed by atoms with Gasteiger partial charge in [-0.15, -0.1) is 0 Å². The van der Waals surface area contributed by atoms with Crippen molar-refractivity contribution in [1.29, 1.82) is 0 Å². The van der Waals surface area contributed by atoms with Crippen LogP contribution in [0.2, 0.25) is 10.0 Å². The molecule has 1 fully saturated rings. The number of nitrogens with zero attached hydrogens (tertiary/aromatic N) is 1. The van der Waals surface area contributed by atoms with Crippen LogP contribution in [0.4, 0.5) is 0 Å². The number of hydrogen-bond acceptors (Lipinski definition) is 4. The standard InChI is InChI=1S/C28H33Cl2NO4/c1-3-4-5-6-7-12-34-27-24(29)15-20(16-25(27)30)28(32)31(17-21-9-8-13-33-21)18-22-10-11-26(35-22)23-14-19(23)2/h8-11,13,15-16,19,23H,3-7,12,14,17-18H2,1-2H3. The fourth-order valence-electron chi connectivity index (χ4n) is 4.26. The van der Waals surface area contributed by atoms with Crippen molar-refractivity contribution in [2.45, 2.75) is 71.4 Å². The fraction of sp³-hybridized carbons (Fsp3) is 0.464. The number of carbonyl (C=O) groups excluding carboxylic acids is 1. The Bertz CT molecular complexity index is 1090. The summed E-state index contributed by atoms with van der Waals surface area (Å²) in [7, 11) is 0. The van der Waals surface area contributed by atoms with Gasteiger partial charge in [0.1, 0.15) is 17.3 Å². The van der Waals surface area contributed by atoms with Crippen LogP contribution in [0.3, 0.4) is 0 Å². The summed E-state index contributed by atoms with van der Waals surface area (Å²) in [5.41, 5.74) is 0.393. The van der Waals surface area contributed by atoms with Gasteiger partial charge >= 0.3 is 0 Å². The van der Waals surface area contributed by atoms with Gasteiger partial charge in [-0.3, -0.25) is 4.79 Å². The van der Waals surface area contributed by atoms with E-state index in [1.807, 2.05) is 18.2 Å². The first-order valence-corrected chi connectivity index (χ1v) is 13.2. The molecule has 5 nitrogen and oxygen atoms in total. The Balaban J connectivity index is 1.46. The molecule has 2 aromatic heterocycles. The minimum absolute atomic E-state index is 0.214. The predicted molar refractivity (Wildman–Crippen MR) is 138 cm³/mol.